The zero-order valence-electron chi connectivity index (χ0n) is 9.21. The molecule has 0 unspecified atom stereocenters. The van der Waals surface area contributed by atoms with Gasteiger partial charge in [0.15, 0.2) is 0 Å². The predicted molar refractivity (Wildman–Crippen MR) is 64.1 cm³/mol. The molecule has 0 bridgehead atoms. The fraction of sp³-hybridized carbons (Fsp3) is 0.0769. The van der Waals surface area contributed by atoms with Gasteiger partial charge in [0, 0.05) is 29.7 Å². The van der Waals surface area contributed by atoms with Crippen molar-refractivity contribution in [1.82, 2.24) is 4.57 Å². The highest BCUT2D eigenvalue weighted by Crippen LogP contribution is 2.22. The van der Waals surface area contributed by atoms with E-state index >= 15 is 0 Å². The fourth-order valence-electron chi connectivity index (χ4n) is 1.79. The lowest BCUT2D eigenvalue weighted by atomic mass is 10.1. The number of benzene rings is 1. The number of carboxylic acid groups (broad SMARTS) is 1. The van der Waals surface area contributed by atoms with Crippen LogP contribution in [-0.2, 0) is 11.8 Å². The first-order valence-electron chi connectivity index (χ1n) is 5.02. The summed E-state index contributed by atoms with van der Waals surface area (Å²) in [6.45, 7) is 0. The average molecular weight is 226 g/mol. The van der Waals surface area contributed by atoms with Crippen LogP contribution in [0.3, 0.4) is 0 Å². The van der Waals surface area contributed by atoms with E-state index in [0.29, 0.717) is 0 Å². The molecule has 17 heavy (non-hydrogen) atoms. The number of nitriles is 1. The van der Waals surface area contributed by atoms with Crippen molar-refractivity contribution < 1.29 is 9.90 Å². The first-order chi connectivity index (χ1) is 8.13. The summed E-state index contributed by atoms with van der Waals surface area (Å²) >= 11 is 0. The topological polar surface area (TPSA) is 66.0 Å². The Hall–Kier alpha value is -2.54. The summed E-state index contributed by atoms with van der Waals surface area (Å²) in [5.74, 6) is -1.21. The number of nitrogens with zero attached hydrogens (tertiary/aromatic N) is 2. The number of fused-ring (bicyclic) bond motifs is 1. The summed E-state index contributed by atoms with van der Waals surface area (Å²) in [6.07, 6.45) is 3.20. The molecule has 1 N–H and O–H groups in total. The normalized spacial score (nSPS) is 11.4. The number of aliphatic carboxylic acids is 1. The Morgan fingerprint density at radius 2 is 2.18 bits per heavy atom. The van der Waals surface area contributed by atoms with Crippen molar-refractivity contribution in [3.8, 4) is 6.07 Å². The molecule has 1 aromatic heterocycles. The van der Waals surface area contributed by atoms with E-state index in [1.807, 2.05) is 42.1 Å². The molecule has 4 nitrogen and oxygen atoms in total. The van der Waals surface area contributed by atoms with Crippen LogP contribution in [0.1, 0.15) is 5.56 Å². The van der Waals surface area contributed by atoms with E-state index < -0.39 is 5.97 Å². The van der Waals surface area contributed by atoms with Crippen molar-refractivity contribution in [2.45, 2.75) is 0 Å². The number of aryl methyl sites for hydroxylation is 1. The third-order valence-corrected chi connectivity index (χ3v) is 2.58. The maximum Gasteiger partial charge on any atom is 0.346 e. The van der Waals surface area contributed by atoms with Crippen LogP contribution in [0.15, 0.2) is 36.0 Å². The fourth-order valence-corrected chi connectivity index (χ4v) is 1.79. The Balaban J connectivity index is 2.65. The van der Waals surface area contributed by atoms with E-state index in [9.17, 15) is 4.79 Å². The first-order valence-corrected chi connectivity index (χ1v) is 5.02. The monoisotopic (exact) mass is 226 g/mol. The molecule has 0 atom stereocenters. The predicted octanol–water partition coefficient (Wildman–Crippen LogP) is 2.17. The van der Waals surface area contributed by atoms with Crippen molar-refractivity contribution >= 4 is 22.9 Å². The highest BCUT2D eigenvalue weighted by atomic mass is 16.4. The minimum absolute atomic E-state index is 0.263. The molecule has 0 spiro atoms. The van der Waals surface area contributed by atoms with Crippen molar-refractivity contribution in [3.05, 3.63) is 41.6 Å². The second-order valence-electron chi connectivity index (χ2n) is 3.69. The number of aromatic nitrogens is 1. The van der Waals surface area contributed by atoms with Gasteiger partial charge in [0.25, 0.3) is 0 Å². The third-order valence-electron chi connectivity index (χ3n) is 2.58. The van der Waals surface area contributed by atoms with Gasteiger partial charge in [0.1, 0.15) is 11.6 Å². The number of hydrogen-bond acceptors (Lipinski definition) is 2. The van der Waals surface area contributed by atoms with Crippen molar-refractivity contribution in [2.75, 3.05) is 0 Å². The number of carbonyl (C=O) groups is 1. The molecular formula is C13H10N2O2. The average Bonchev–Trinajstić information content (AvgIpc) is 2.63. The Morgan fingerprint density at radius 1 is 1.47 bits per heavy atom. The zero-order chi connectivity index (χ0) is 12.4. The molecule has 1 aromatic carbocycles. The summed E-state index contributed by atoms with van der Waals surface area (Å²) < 4.78 is 1.90. The lowest BCUT2D eigenvalue weighted by molar-refractivity contribution is -0.132. The van der Waals surface area contributed by atoms with E-state index in [2.05, 4.69) is 0 Å². The number of para-hydroxylation sites is 1. The van der Waals surface area contributed by atoms with Crippen LogP contribution in [-0.4, -0.2) is 15.6 Å². The largest absolute Gasteiger partial charge is 0.477 e. The molecular weight excluding hydrogens is 216 g/mol. The van der Waals surface area contributed by atoms with Gasteiger partial charge in [-0.15, -0.1) is 0 Å². The highest BCUT2D eigenvalue weighted by Gasteiger charge is 2.09. The van der Waals surface area contributed by atoms with Crippen LogP contribution in [0.5, 0.6) is 0 Å². The molecule has 0 fully saturated rings. The van der Waals surface area contributed by atoms with Crippen molar-refractivity contribution in [1.29, 1.82) is 5.26 Å². The first kappa shape index (κ1) is 11.0. The van der Waals surface area contributed by atoms with Crippen LogP contribution in [0.4, 0.5) is 0 Å². The summed E-state index contributed by atoms with van der Waals surface area (Å²) in [7, 11) is 1.88. The minimum atomic E-state index is -1.21. The zero-order valence-corrected chi connectivity index (χ0v) is 9.21. The van der Waals surface area contributed by atoms with Crippen LogP contribution in [0.25, 0.3) is 17.0 Å². The van der Waals surface area contributed by atoms with Crippen LogP contribution in [0, 0.1) is 11.3 Å². The minimum Gasteiger partial charge on any atom is -0.477 e. The molecule has 4 heteroatoms. The van der Waals surface area contributed by atoms with Crippen molar-refractivity contribution in [3.63, 3.8) is 0 Å². The Morgan fingerprint density at radius 3 is 2.82 bits per heavy atom. The molecule has 1 heterocycles. The van der Waals surface area contributed by atoms with Gasteiger partial charge in [-0.25, -0.2) is 4.79 Å². The Bertz CT molecular complexity index is 660. The Kier molecular flexibility index (Phi) is 2.67. The number of carboxylic acids is 1. The van der Waals surface area contributed by atoms with E-state index in [0.717, 1.165) is 16.5 Å². The van der Waals surface area contributed by atoms with Gasteiger partial charge in [0.2, 0.25) is 0 Å². The van der Waals surface area contributed by atoms with Gasteiger partial charge >= 0.3 is 5.97 Å². The summed E-state index contributed by atoms with van der Waals surface area (Å²) in [4.78, 5) is 10.8. The van der Waals surface area contributed by atoms with E-state index in [-0.39, 0.29) is 5.57 Å². The number of rotatable bonds is 2. The van der Waals surface area contributed by atoms with Crippen molar-refractivity contribution in [2.24, 2.45) is 7.05 Å². The summed E-state index contributed by atoms with van der Waals surface area (Å²) in [6, 6.07) is 9.32. The molecule has 2 aromatic rings. The van der Waals surface area contributed by atoms with Gasteiger partial charge in [-0.1, -0.05) is 18.2 Å². The highest BCUT2D eigenvalue weighted by molar-refractivity contribution is 6.00. The molecule has 0 radical (unpaired) electrons. The molecule has 0 saturated carbocycles. The molecule has 0 amide bonds. The third kappa shape index (κ3) is 1.91. The molecule has 0 aliphatic rings. The quantitative estimate of drug-likeness (QED) is 0.630. The summed E-state index contributed by atoms with van der Waals surface area (Å²) in [5.41, 5.74) is 1.48. The lowest BCUT2D eigenvalue weighted by Crippen LogP contribution is -1.97. The number of hydrogen-bond donors (Lipinski definition) is 1. The molecule has 84 valence electrons. The van der Waals surface area contributed by atoms with Gasteiger partial charge in [-0.05, 0) is 12.1 Å². The van der Waals surface area contributed by atoms with Gasteiger partial charge in [0.05, 0.1) is 0 Å². The maximum atomic E-state index is 10.8. The van der Waals surface area contributed by atoms with Gasteiger partial charge < -0.3 is 9.67 Å². The standard InChI is InChI=1S/C13H10N2O2/c1-15-8-10(6-9(7-14)13(16)17)11-4-2-3-5-12(11)15/h2-6,8H,1H3,(H,16,17)/b9-6+. The molecule has 0 aliphatic carbocycles. The second-order valence-corrected chi connectivity index (χ2v) is 3.69. The lowest BCUT2D eigenvalue weighted by Gasteiger charge is -1.93. The summed E-state index contributed by atoms with van der Waals surface area (Å²) in [5, 5.41) is 18.5. The van der Waals surface area contributed by atoms with E-state index in [1.54, 1.807) is 6.07 Å². The van der Waals surface area contributed by atoms with Gasteiger partial charge in [-0.2, -0.15) is 5.26 Å². The van der Waals surface area contributed by atoms with Crippen LogP contribution < -0.4 is 0 Å². The van der Waals surface area contributed by atoms with Crippen LogP contribution in [0.2, 0.25) is 0 Å². The Labute approximate surface area is 98.0 Å². The maximum absolute atomic E-state index is 10.8. The molecule has 0 saturated heterocycles. The second kappa shape index (κ2) is 4.14. The molecule has 2 rings (SSSR count). The smallest absolute Gasteiger partial charge is 0.346 e. The SMILES string of the molecule is Cn1cc(/C=C(\C#N)C(=O)O)c2ccccc21. The van der Waals surface area contributed by atoms with Gasteiger partial charge in [-0.3, -0.25) is 0 Å². The van der Waals surface area contributed by atoms with E-state index in [1.165, 1.54) is 6.08 Å². The van der Waals surface area contributed by atoms with Crippen LogP contribution >= 0.6 is 0 Å². The molecule has 0 aliphatic heterocycles. The van der Waals surface area contributed by atoms with E-state index in [4.69, 9.17) is 10.4 Å².